The molecule has 6 rings (SSSR count). The van der Waals surface area contributed by atoms with Crippen molar-refractivity contribution in [1.82, 2.24) is 0 Å². The number of allylic oxidation sites excluding steroid dienone is 1. The molecule has 2 saturated carbocycles. The second-order valence-corrected chi connectivity index (χ2v) is 10.8. The minimum Gasteiger partial charge on any atom is -0.497 e. The van der Waals surface area contributed by atoms with Crippen molar-refractivity contribution < 1.29 is 19.4 Å². The summed E-state index contributed by atoms with van der Waals surface area (Å²) >= 11 is 0. The number of ketones is 1. The second-order valence-electron chi connectivity index (χ2n) is 10.8. The van der Waals surface area contributed by atoms with Gasteiger partial charge in [0.2, 0.25) is 0 Å². The third kappa shape index (κ3) is 4.03. The van der Waals surface area contributed by atoms with E-state index in [2.05, 4.69) is 12.1 Å². The highest BCUT2D eigenvalue weighted by Gasteiger charge is 2.66. The molecule has 0 bridgehead atoms. The molecule has 1 N–H and O–H groups in total. The Labute approximate surface area is 218 Å². The van der Waals surface area contributed by atoms with Crippen LogP contribution in [0.3, 0.4) is 0 Å². The van der Waals surface area contributed by atoms with Gasteiger partial charge in [0.25, 0.3) is 0 Å². The van der Waals surface area contributed by atoms with Crippen molar-refractivity contribution >= 4 is 11.9 Å². The van der Waals surface area contributed by atoms with Gasteiger partial charge in [-0.05, 0) is 66.2 Å². The maximum Gasteiger partial charge on any atom is 0.169 e. The Morgan fingerprint density at radius 1 is 0.892 bits per heavy atom. The van der Waals surface area contributed by atoms with Gasteiger partial charge < -0.3 is 14.6 Å². The molecule has 0 amide bonds. The molecule has 3 aliphatic rings. The number of benzene rings is 3. The van der Waals surface area contributed by atoms with Gasteiger partial charge in [-0.15, -0.1) is 0 Å². The first-order valence-corrected chi connectivity index (χ1v) is 13.4. The van der Waals surface area contributed by atoms with Crippen LogP contribution in [0.15, 0.2) is 90.5 Å². The topological polar surface area (TPSA) is 55.8 Å². The van der Waals surface area contributed by atoms with E-state index in [9.17, 15) is 9.90 Å². The van der Waals surface area contributed by atoms with Crippen LogP contribution in [0.2, 0.25) is 0 Å². The molecule has 3 aromatic carbocycles. The Morgan fingerprint density at radius 3 is 2.30 bits per heavy atom. The molecule has 37 heavy (non-hydrogen) atoms. The number of rotatable bonds is 4. The van der Waals surface area contributed by atoms with E-state index in [0.717, 1.165) is 47.3 Å². The average molecular weight is 495 g/mol. The maximum absolute atomic E-state index is 14.7. The number of carbonyl (C=O) groups excluding carboxylic acids is 1. The van der Waals surface area contributed by atoms with Gasteiger partial charge in [-0.1, -0.05) is 79.2 Å². The van der Waals surface area contributed by atoms with Crippen LogP contribution in [-0.4, -0.2) is 23.8 Å². The largest absolute Gasteiger partial charge is 0.497 e. The maximum atomic E-state index is 14.7. The summed E-state index contributed by atoms with van der Waals surface area (Å²) in [4.78, 5) is 14.7. The average Bonchev–Trinajstić information content (AvgIpc) is 3.25. The zero-order chi connectivity index (χ0) is 25.5. The molecule has 1 heterocycles. The summed E-state index contributed by atoms with van der Waals surface area (Å²) in [6.07, 6.45) is 6.26. The van der Waals surface area contributed by atoms with Gasteiger partial charge >= 0.3 is 0 Å². The number of hydrogen-bond acceptors (Lipinski definition) is 4. The molecule has 0 unspecified atom stereocenters. The SMILES string of the molecule is COc1ccc([C@@H]2[C@H]3CCCC[C@]3(O)O[C@H](c3ccccc3)[C@]23CC/C(=C/c2ccccc2)C3=O)cc1. The van der Waals surface area contributed by atoms with E-state index in [0.29, 0.717) is 19.3 Å². The van der Waals surface area contributed by atoms with Crippen LogP contribution in [0.5, 0.6) is 5.75 Å². The molecule has 1 saturated heterocycles. The van der Waals surface area contributed by atoms with Gasteiger partial charge in [-0.2, -0.15) is 0 Å². The van der Waals surface area contributed by atoms with Crippen LogP contribution in [0.25, 0.3) is 6.08 Å². The Kier molecular flexibility index (Phi) is 6.26. The van der Waals surface area contributed by atoms with Gasteiger partial charge in [0.05, 0.1) is 18.6 Å². The van der Waals surface area contributed by atoms with E-state index in [1.807, 2.05) is 78.9 Å². The predicted octanol–water partition coefficient (Wildman–Crippen LogP) is 6.86. The monoisotopic (exact) mass is 494 g/mol. The molecule has 5 atom stereocenters. The molecule has 0 radical (unpaired) electrons. The number of carbonyl (C=O) groups is 1. The van der Waals surface area contributed by atoms with E-state index >= 15 is 0 Å². The lowest BCUT2D eigenvalue weighted by molar-refractivity contribution is -0.330. The van der Waals surface area contributed by atoms with Gasteiger partial charge in [-0.25, -0.2) is 0 Å². The van der Waals surface area contributed by atoms with Crippen LogP contribution >= 0.6 is 0 Å². The lowest BCUT2D eigenvalue weighted by atomic mass is 9.55. The van der Waals surface area contributed by atoms with E-state index < -0.39 is 17.3 Å². The summed E-state index contributed by atoms with van der Waals surface area (Å²) in [6.45, 7) is 0. The summed E-state index contributed by atoms with van der Waals surface area (Å²) in [5.41, 5.74) is 3.10. The zero-order valence-corrected chi connectivity index (χ0v) is 21.3. The van der Waals surface area contributed by atoms with Gasteiger partial charge in [0.15, 0.2) is 11.6 Å². The Balaban J connectivity index is 1.55. The molecule has 0 aromatic heterocycles. The molecule has 2 aliphatic carbocycles. The van der Waals surface area contributed by atoms with Crippen molar-refractivity contribution in [3.8, 4) is 5.75 Å². The first-order valence-electron chi connectivity index (χ1n) is 13.4. The fourth-order valence-electron chi connectivity index (χ4n) is 7.20. The number of fused-ring (bicyclic) bond motifs is 1. The van der Waals surface area contributed by atoms with Crippen molar-refractivity contribution in [2.75, 3.05) is 7.11 Å². The molecule has 3 fully saturated rings. The van der Waals surface area contributed by atoms with E-state index in [1.54, 1.807) is 7.11 Å². The summed E-state index contributed by atoms with van der Waals surface area (Å²) in [5.74, 6) is -0.656. The Bertz CT molecular complexity index is 1280. The molecular formula is C33H34O4. The van der Waals surface area contributed by atoms with E-state index in [-0.39, 0.29) is 17.6 Å². The smallest absolute Gasteiger partial charge is 0.169 e. The van der Waals surface area contributed by atoms with Crippen molar-refractivity contribution in [2.45, 2.75) is 56.3 Å². The van der Waals surface area contributed by atoms with Crippen molar-refractivity contribution in [3.05, 3.63) is 107 Å². The van der Waals surface area contributed by atoms with Gasteiger partial charge in [0, 0.05) is 18.3 Å². The summed E-state index contributed by atoms with van der Waals surface area (Å²) in [6, 6.07) is 28.2. The predicted molar refractivity (Wildman–Crippen MR) is 144 cm³/mol. The van der Waals surface area contributed by atoms with Crippen LogP contribution in [0.1, 0.15) is 67.2 Å². The van der Waals surface area contributed by atoms with Crippen molar-refractivity contribution in [3.63, 3.8) is 0 Å². The van der Waals surface area contributed by atoms with Crippen molar-refractivity contribution in [1.29, 1.82) is 0 Å². The molecule has 1 aliphatic heterocycles. The fourth-order valence-corrected chi connectivity index (χ4v) is 7.20. The lowest BCUT2D eigenvalue weighted by Gasteiger charge is -2.58. The third-order valence-corrected chi connectivity index (χ3v) is 8.87. The zero-order valence-electron chi connectivity index (χ0n) is 21.3. The number of ether oxygens (including phenoxy) is 2. The first-order chi connectivity index (χ1) is 18.0. The second kappa shape index (κ2) is 9.59. The van der Waals surface area contributed by atoms with E-state index in [1.165, 1.54) is 0 Å². The van der Waals surface area contributed by atoms with Crippen molar-refractivity contribution in [2.24, 2.45) is 11.3 Å². The third-order valence-electron chi connectivity index (χ3n) is 8.87. The quantitative estimate of drug-likeness (QED) is 0.403. The number of Topliss-reactive ketones (excluding diaryl/α,β-unsaturated/α-hetero) is 1. The van der Waals surface area contributed by atoms with Crippen LogP contribution < -0.4 is 4.74 Å². The van der Waals surface area contributed by atoms with E-state index in [4.69, 9.17) is 9.47 Å². The van der Waals surface area contributed by atoms with Gasteiger partial charge in [-0.3, -0.25) is 4.79 Å². The Morgan fingerprint density at radius 2 is 1.59 bits per heavy atom. The normalized spacial score (nSPS) is 32.4. The molecule has 4 nitrogen and oxygen atoms in total. The molecule has 190 valence electrons. The fraction of sp³-hybridized carbons (Fsp3) is 0.364. The summed E-state index contributed by atoms with van der Waals surface area (Å²) < 4.78 is 12.2. The highest BCUT2D eigenvalue weighted by Crippen LogP contribution is 2.67. The van der Waals surface area contributed by atoms with Crippen LogP contribution in [0.4, 0.5) is 0 Å². The minimum atomic E-state index is -1.26. The van der Waals surface area contributed by atoms with Crippen LogP contribution in [0, 0.1) is 11.3 Å². The number of hydrogen-bond donors (Lipinski definition) is 1. The number of aliphatic hydroxyl groups is 1. The highest BCUT2D eigenvalue weighted by molar-refractivity contribution is 6.07. The standard InChI is InChI=1S/C33H34O4/c1-36-27-17-15-24(16-18-27)29-28-14-8-9-20-33(28,35)37-31(25-12-6-3-7-13-25)32(29)21-19-26(30(32)34)22-23-10-4-2-5-11-23/h2-7,10-13,15-18,22,28-29,31,35H,8-9,14,19-21H2,1H3/b26-22-/t28-,29-,31-,32-,33+/m1/s1. The highest BCUT2D eigenvalue weighted by atomic mass is 16.6. The summed E-state index contributed by atoms with van der Waals surface area (Å²) in [7, 11) is 1.66. The first kappa shape index (κ1) is 24.1. The van der Waals surface area contributed by atoms with Gasteiger partial charge in [0.1, 0.15) is 5.75 Å². The van der Waals surface area contributed by atoms with Crippen LogP contribution in [-0.2, 0) is 9.53 Å². The lowest BCUT2D eigenvalue weighted by Crippen LogP contribution is -2.59. The summed E-state index contributed by atoms with van der Waals surface area (Å²) in [5, 5.41) is 12.0. The molecule has 4 heteroatoms. The Hall–Kier alpha value is -3.21. The number of methoxy groups -OCH3 is 1. The molecule has 1 spiro atoms. The molecular weight excluding hydrogens is 460 g/mol. The molecule has 3 aromatic rings. The minimum absolute atomic E-state index is 0.152.